The maximum Gasteiger partial charge on any atom is 0.209 e. The summed E-state index contributed by atoms with van der Waals surface area (Å²) in [6, 6.07) is 12.8. The zero-order valence-corrected chi connectivity index (χ0v) is 16.5. The topological polar surface area (TPSA) is 55.6 Å². The van der Waals surface area contributed by atoms with Crippen LogP contribution in [0, 0.1) is 0 Å². The summed E-state index contributed by atoms with van der Waals surface area (Å²) in [5, 5.41) is 0. The zero-order chi connectivity index (χ0) is 19.5. The van der Waals surface area contributed by atoms with Crippen LogP contribution >= 0.6 is 0 Å². The van der Waals surface area contributed by atoms with Gasteiger partial charge in [-0.1, -0.05) is 19.1 Å². The van der Waals surface area contributed by atoms with E-state index in [0.717, 1.165) is 84.5 Å². The number of benzene rings is 2. The second-order valence-electron chi connectivity index (χ2n) is 7.35. The Morgan fingerprint density at radius 3 is 2.64 bits per heavy atom. The van der Waals surface area contributed by atoms with Gasteiger partial charge in [-0.3, -0.25) is 4.79 Å². The van der Waals surface area contributed by atoms with E-state index in [1.54, 1.807) is 7.11 Å². The second kappa shape index (κ2) is 8.05. The van der Waals surface area contributed by atoms with Gasteiger partial charge in [-0.2, -0.15) is 0 Å². The SMILES string of the molecule is CCc1nc2cc(-c3ccc(OC)cc3)cc(CCCN(C=O)C3CC3)c2o1. The molecule has 1 heterocycles. The minimum Gasteiger partial charge on any atom is -0.497 e. The molecule has 1 saturated carbocycles. The van der Waals surface area contributed by atoms with Gasteiger partial charge in [-0.05, 0) is 66.6 Å². The molecule has 1 amide bonds. The summed E-state index contributed by atoms with van der Waals surface area (Å²) < 4.78 is 11.3. The number of aromatic nitrogens is 1. The van der Waals surface area contributed by atoms with Gasteiger partial charge < -0.3 is 14.1 Å². The number of oxazole rings is 1. The molecule has 28 heavy (non-hydrogen) atoms. The Hall–Kier alpha value is -2.82. The Kier molecular flexibility index (Phi) is 5.33. The van der Waals surface area contributed by atoms with Crippen molar-refractivity contribution in [3.8, 4) is 16.9 Å². The molecule has 0 bridgehead atoms. The third-order valence-corrected chi connectivity index (χ3v) is 5.35. The van der Waals surface area contributed by atoms with Gasteiger partial charge in [0, 0.05) is 19.0 Å². The number of fused-ring (bicyclic) bond motifs is 1. The van der Waals surface area contributed by atoms with Gasteiger partial charge in [0.15, 0.2) is 11.5 Å². The fourth-order valence-electron chi connectivity index (χ4n) is 3.61. The van der Waals surface area contributed by atoms with Crippen LogP contribution < -0.4 is 4.74 Å². The molecule has 0 atom stereocenters. The molecule has 5 nitrogen and oxygen atoms in total. The highest BCUT2D eigenvalue weighted by molar-refractivity contribution is 5.83. The van der Waals surface area contributed by atoms with Crippen molar-refractivity contribution >= 4 is 17.5 Å². The molecule has 0 spiro atoms. The molecule has 1 aromatic heterocycles. The lowest BCUT2D eigenvalue weighted by molar-refractivity contribution is -0.118. The Morgan fingerprint density at radius 2 is 2.00 bits per heavy atom. The maximum atomic E-state index is 11.3. The van der Waals surface area contributed by atoms with E-state index >= 15 is 0 Å². The van der Waals surface area contributed by atoms with Crippen molar-refractivity contribution in [1.82, 2.24) is 9.88 Å². The number of aryl methyl sites for hydroxylation is 2. The number of nitrogens with zero attached hydrogens (tertiary/aromatic N) is 2. The summed E-state index contributed by atoms with van der Waals surface area (Å²) in [6.07, 6.45) is 5.81. The first-order chi connectivity index (χ1) is 13.7. The number of hydrogen-bond acceptors (Lipinski definition) is 4. The van der Waals surface area contributed by atoms with Gasteiger partial charge in [-0.15, -0.1) is 0 Å². The standard InChI is InChI=1S/C23H26N2O3/c1-3-22-24-21-14-18(16-6-10-20(27-2)11-7-16)13-17(23(21)28-22)5-4-12-25(15-26)19-8-9-19/h6-7,10-11,13-15,19H,3-5,8-9,12H2,1-2H3. The van der Waals surface area contributed by atoms with Gasteiger partial charge in [0.1, 0.15) is 11.3 Å². The van der Waals surface area contributed by atoms with Gasteiger partial charge in [0.2, 0.25) is 6.41 Å². The van der Waals surface area contributed by atoms with E-state index in [1.165, 1.54) is 0 Å². The quantitative estimate of drug-likeness (QED) is 0.510. The van der Waals surface area contributed by atoms with Crippen LogP contribution in [0.4, 0.5) is 0 Å². The monoisotopic (exact) mass is 378 g/mol. The average molecular weight is 378 g/mol. The number of hydrogen-bond donors (Lipinski definition) is 0. The molecule has 1 aliphatic rings. The molecule has 0 N–H and O–H groups in total. The average Bonchev–Trinajstić information content (AvgIpc) is 3.49. The van der Waals surface area contributed by atoms with Gasteiger partial charge in [0.05, 0.1) is 7.11 Å². The van der Waals surface area contributed by atoms with Crippen molar-refractivity contribution in [3.63, 3.8) is 0 Å². The predicted octanol–water partition coefficient (Wildman–Crippen LogP) is 4.62. The molecule has 0 aliphatic heterocycles. The van der Waals surface area contributed by atoms with E-state index in [-0.39, 0.29) is 0 Å². The van der Waals surface area contributed by atoms with Gasteiger partial charge >= 0.3 is 0 Å². The summed E-state index contributed by atoms with van der Waals surface area (Å²) >= 11 is 0. The van der Waals surface area contributed by atoms with Crippen LogP contribution in [0.1, 0.15) is 37.6 Å². The Labute approximate surface area is 165 Å². The minimum atomic E-state index is 0.458. The smallest absolute Gasteiger partial charge is 0.209 e. The Morgan fingerprint density at radius 1 is 1.21 bits per heavy atom. The molecule has 2 aromatic carbocycles. The van der Waals surface area contributed by atoms with Crippen molar-refractivity contribution in [1.29, 1.82) is 0 Å². The van der Waals surface area contributed by atoms with E-state index in [4.69, 9.17) is 9.15 Å². The molecule has 0 saturated heterocycles. The molecule has 5 heteroatoms. The molecule has 1 aliphatic carbocycles. The number of carbonyl (C=O) groups excluding carboxylic acids is 1. The largest absolute Gasteiger partial charge is 0.497 e. The second-order valence-corrected chi connectivity index (χ2v) is 7.35. The minimum absolute atomic E-state index is 0.458. The first-order valence-electron chi connectivity index (χ1n) is 9.99. The van der Waals surface area contributed by atoms with Crippen molar-refractivity contribution in [2.45, 2.75) is 45.1 Å². The van der Waals surface area contributed by atoms with Crippen molar-refractivity contribution in [2.24, 2.45) is 0 Å². The highest BCUT2D eigenvalue weighted by atomic mass is 16.5. The number of rotatable bonds is 9. The fourth-order valence-corrected chi connectivity index (χ4v) is 3.61. The Balaban J connectivity index is 1.62. The highest BCUT2D eigenvalue weighted by Gasteiger charge is 2.27. The first kappa shape index (κ1) is 18.5. The maximum absolute atomic E-state index is 11.3. The fraction of sp³-hybridized carbons (Fsp3) is 0.391. The number of ether oxygens (including phenoxy) is 1. The molecular formula is C23H26N2O3. The van der Waals surface area contributed by atoms with Crippen LogP contribution in [0.2, 0.25) is 0 Å². The highest BCUT2D eigenvalue weighted by Crippen LogP contribution is 2.31. The number of carbonyl (C=O) groups is 1. The van der Waals surface area contributed by atoms with Crippen LogP contribution in [0.5, 0.6) is 5.75 Å². The number of methoxy groups -OCH3 is 1. The molecule has 4 rings (SSSR count). The molecule has 0 unspecified atom stereocenters. The third kappa shape index (κ3) is 3.88. The van der Waals surface area contributed by atoms with Gasteiger partial charge in [-0.25, -0.2) is 4.98 Å². The van der Waals surface area contributed by atoms with E-state index in [2.05, 4.69) is 29.2 Å². The van der Waals surface area contributed by atoms with E-state index in [1.807, 2.05) is 24.0 Å². The molecular weight excluding hydrogens is 352 g/mol. The lowest BCUT2D eigenvalue weighted by Gasteiger charge is -2.16. The summed E-state index contributed by atoms with van der Waals surface area (Å²) in [7, 11) is 1.67. The third-order valence-electron chi connectivity index (χ3n) is 5.35. The van der Waals surface area contributed by atoms with Crippen LogP contribution in [0.3, 0.4) is 0 Å². The van der Waals surface area contributed by atoms with Crippen LogP contribution in [-0.2, 0) is 17.6 Å². The van der Waals surface area contributed by atoms with E-state index in [0.29, 0.717) is 6.04 Å². The summed E-state index contributed by atoms with van der Waals surface area (Å²) in [5.74, 6) is 1.60. The van der Waals surface area contributed by atoms with Crippen molar-refractivity contribution in [2.75, 3.05) is 13.7 Å². The molecule has 1 fully saturated rings. The lowest BCUT2D eigenvalue weighted by Crippen LogP contribution is -2.25. The first-order valence-corrected chi connectivity index (χ1v) is 9.99. The Bertz CT molecular complexity index is 958. The lowest BCUT2D eigenvalue weighted by atomic mass is 9.99. The number of amides is 1. The van der Waals surface area contributed by atoms with Crippen molar-refractivity contribution in [3.05, 3.63) is 47.9 Å². The summed E-state index contributed by atoms with van der Waals surface area (Å²) in [4.78, 5) is 17.8. The van der Waals surface area contributed by atoms with Crippen LogP contribution in [0.25, 0.3) is 22.2 Å². The summed E-state index contributed by atoms with van der Waals surface area (Å²) in [5.41, 5.74) is 5.16. The normalized spacial score (nSPS) is 13.6. The summed E-state index contributed by atoms with van der Waals surface area (Å²) in [6.45, 7) is 2.84. The predicted molar refractivity (Wildman–Crippen MR) is 109 cm³/mol. The zero-order valence-electron chi connectivity index (χ0n) is 16.5. The van der Waals surface area contributed by atoms with Gasteiger partial charge in [0.25, 0.3) is 0 Å². The molecule has 0 radical (unpaired) electrons. The van der Waals surface area contributed by atoms with Crippen LogP contribution in [-0.4, -0.2) is 36.0 Å². The van der Waals surface area contributed by atoms with E-state index < -0.39 is 0 Å². The van der Waals surface area contributed by atoms with Crippen molar-refractivity contribution < 1.29 is 13.9 Å². The van der Waals surface area contributed by atoms with E-state index in [9.17, 15) is 4.79 Å². The molecule has 146 valence electrons. The van der Waals surface area contributed by atoms with Crippen LogP contribution in [0.15, 0.2) is 40.8 Å². The molecule has 3 aromatic rings.